The van der Waals surface area contributed by atoms with Gasteiger partial charge in [-0.05, 0) is 50.9 Å². The third kappa shape index (κ3) is 5.32. The van der Waals surface area contributed by atoms with Gasteiger partial charge in [0.1, 0.15) is 6.33 Å². The number of likely N-dealkylation sites (tertiary alicyclic amines) is 1. The SMILES string of the molecule is CC(C)n1cnnc1SCC(=O)NCc1ccc(CN2CCCC2)cc1. The molecule has 140 valence electrons. The lowest BCUT2D eigenvalue weighted by molar-refractivity contribution is -0.118. The minimum absolute atomic E-state index is 0.00875. The molecule has 0 spiro atoms. The Morgan fingerprint density at radius 1 is 1.19 bits per heavy atom. The third-order valence-corrected chi connectivity index (χ3v) is 5.50. The first-order valence-electron chi connectivity index (χ1n) is 9.21. The summed E-state index contributed by atoms with van der Waals surface area (Å²) < 4.78 is 1.97. The van der Waals surface area contributed by atoms with Crippen molar-refractivity contribution >= 4 is 17.7 Å². The number of thioether (sulfide) groups is 1. The Balaban J connectivity index is 1.41. The van der Waals surface area contributed by atoms with Crippen LogP contribution in [-0.4, -0.2) is 44.4 Å². The fraction of sp³-hybridized carbons (Fsp3) is 0.526. The van der Waals surface area contributed by atoms with Crippen molar-refractivity contribution in [1.82, 2.24) is 25.0 Å². The molecule has 1 aromatic carbocycles. The molecule has 1 amide bonds. The molecule has 1 saturated heterocycles. The number of aromatic nitrogens is 3. The fourth-order valence-electron chi connectivity index (χ4n) is 3.03. The van der Waals surface area contributed by atoms with Gasteiger partial charge < -0.3 is 9.88 Å². The normalized spacial score (nSPS) is 14.9. The first-order chi connectivity index (χ1) is 12.6. The molecule has 6 nitrogen and oxygen atoms in total. The topological polar surface area (TPSA) is 63.1 Å². The van der Waals surface area contributed by atoms with Crippen LogP contribution in [0.4, 0.5) is 0 Å². The summed E-state index contributed by atoms with van der Waals surface area (Å²) in [7, 11) is 0. The molecule has 0 aliphatic carbocycles. The highest BCUT2D eigenvalue weighted by Crippen LogP contribution is 2.18. The first kappa shape index (κ1) is 18.9. The van der Waals surface area contributed by atoms with Gasteiger partial charge in [0.05, 0.1) is 5.75 Å². The van der Waals surface area contributed by atoms with Crippen LogP contribution in [0.5, 0.6) is 0 Å². The summed E-state index contributed by atoms with van der Waals surface area (Å²) in [5.41, 5.74) is 2.46. The van der Waals surface area contributed by atoms with Crippen LogP contribution in [0.15, 0.2) is 35.7 Å². The molecule has 7 heteroatoms. The number of rotatable bonds is 8. The van der Waals surface area contributed by atoms with Crippen molar-refractivity contribution in [3.8, 4) is 0 Å². The minimum atomic E-state index is 0.00875. The molecular formula is C19H27N5OS. The zero-order valence-corrected chi connectivity index (χ0v) is 16.3. The zero-order chi connectivity index (χ0) is 18.4. The van der Waals surface area contributed by atoms with Crippen molar-refractivity contribution in [1.29, 1.82) is 0 Å². The highest BCUT2D eigenvalue weighted by molar-refractivity contribution is 7.99. The number of carbonyl (C=O) groups is 1. The Morgan fingerprint density at radius 2 is 1.88 bits per heavy atom. The van der Waals surface area contributed by atoms with E-state index in [1.54, 1.807) is 6.33 Å². The molecule has 1 aliphatic heterocycles. The Bertz CT molecular complexity index is 707. The lowest BCUT2D eigenvalue weighted by atomic mass is 10.1. The number of benzene rings is 1. The molecule has 1 fully saturated rings. The highest BCUT2D eigenvalue weighted by atomic mass is 32.2. The van der Waals surface area contributed by atoms with Gasteiger partial charge in [-0.3, -0.25) is 9.69 Å². The van der Waals surface area contributed by atoms with E-state index < -0.39 is 0 Å². The van der Waals surface area contributed by atoms with E-state index in [9.17, 15) is 4.79 Å². The van der Waals surface area contributed by atoms with E-state index in [0.29, 0.717) is 12.3 Å². The maximum absolute atomic E-state index is 12.1. The monoisotopic (exact) mass is 373 g/mol. The quantitative estimate of drug-likeness (QED) is 0.721. The summed E-state index contributed by atoms with van der Waals surface area (Å²) in [6.45, 7) is 8.14. The first-order valence-corrected chi connectivity index (χ1v) is 10.2. The average molecular weight is 374 g/mol. The molecule has 2 heterocycles. The van der Waals surface area contributed by atoms with E-state index in [0.717, 1.165) is 17.3 Å². The maximum atomic E-state index is 12.1. The summed E-state index contributed by atoms with van der Waals surface area (Å²) in [6, 6.07) is 8.83. The summed E-state index contributed by atoms with van der Waals surface area (Å²) in [6.07, 6.45) is 4.33. The summed E-state index contributed by atoms with van der Waals surface area (Å²) in [4.78, 5) is 14.6. The molecule has 0 unspecified atom stereocenters. The van der Waals surface area contributed by atoms with Crippen LogP contribution >= 0.6 is 11.8 Å². The number of nitrogens with zero attached hydrogens (tertiary/aromatic N) is 4. The molecule has 3 rings (SSSR count). The van der Waals surface area contributed by atoms with Gasteiger partial charge in [0.2, 0.25) is 5.91 Å². The van der Waals surface area contributed by atoms with Gasteiger partial charge in [-0.1, -0.05) is 36.0 Å². The van der Waals surface area contributed by atoms with E-state index in [1.165, 1.54) is 43.3 Å². The predicted octanol–water partition coefficient (Wildman–Crippen LogP) is 2.86. The second-order valence-corrected chi connectivity index (χ2v) is 7.92. The molecule has 0 saturated carbocycles. The molecule has 0 radical (unpaired) electrons. The molecular weight excluding hydrogens is 346 g/mol. The smallest absolute Gasteiger partial charge is 0.230 e. The van der Waals surface area contributed by atoms with Crippen LogP contribution in [0.2, 0.25) is 0 Å². The van der Waals surface area contributed by atoms with Gasteiger partial charge in [-0.15, -0.1) is 10.2 Å². The standard InChI is InChI=1S/C19H27N5OS/c1-15(2)24-14-21-22-19(24)26-13-18(25)20-11-16-5-7-17(8-6-16)12-23-9-3-4-10-23/h5-8,14-15H,3-4,9-13H2,1-2H3,(H,20,25). The van der Waals surface area contributed by atoms with Crippen LogP contribution in [0.3, 0.4) is 0 Å². The van der Waals surface area contributed by atoms with E-state index >= 15 is 0 Å². The number of carbonyl (C=O) groups excluding carboxylic acids is 1. The van der Waals surface area contributed by atoms with Crippen molar-refractivity contribution < 1.29 is 4.79 Å². The molecule has 0 atom stereocenters. The van der Waals surface area contributed by atoms with E-state index in [-0.39, 0.29) is 11.9 Å². The number of hydrogen-bond acceptors (Lipinski definition) is 5. The van der Waals surface area contributed by atoms with Crippen molar-refractivity contribution in [2.45, 2.75) is 51.0 Å². The van der Waals surface area contributed by atoms with E-state index in [2.05, 4.69) is 58.5 Å². The lowest BCUT2D eigenvalue weighted by Gasteiger charge is -2.14. The van der Waals surface area contributed by atoms with Gasteiger partial charge in [0.15, 0.2) is 5.16 Å². The van der Waals surface area contributed by atoms with Crippen LogP contribution in [0.25, 0.3) is 0 Å². The summed E-state index contributed by atoms with van der Waals surface area (Å²) in [5.74, 6) is 0.354. The average Bonchev–Trinajstić information content (AvgIpc) is 3.31. The molecule has 1 N–H and O–H groups in total. The Morgan fingerprint density at radius 3 is 2.58 bits per heavy atom. The van der Waals surface area contributed by atoms with Gasteiger partial charge in [0.25, 0.3) is 0 Å². The van der Waals surface area contributed by atoms with Crippen molar-refractivity contribution in [2.24, 2.45) is 0 Å². The van der Waals surface area contributed by atoms with Crippen molar-refractivity contribution in [3.05, 3.63) is 41.7 Å². The Labute approximate surface area is 159 Å². The molecule has 26 heavy (non-hydrogen) atoms. The molecule has 1 aromatic heterocycles. The zero-order valence-electron chi connectivity index (χ0n) is 15.5. The Kier molecular flexibility index (Phi) is 6.68. The van der Waals surface area contributed by atoms with Crippen LogP contribution in [-0.2, 0) is 17.9 Å². The lowest BCUT2D eigenvalue weighted by Crippen LogP contribution is -2.24. The van der Waals surface area contributed by atoms with Crippen molar-refractivity contribution in [3.63, 3.8) is 0 Å². The van der Waals surface area contributed by atoms with Crippen LogP contribution in [0.1, 0.15) is 43.9 Å². The van der Waals surface area contributed by atoms with Gasteiger partial charge in [-0.25, -0.2) is 0 Å². The van der Waals surface area contributed by atoms with Crippen LogP contribution < -0.4 is 5.32 Å². The van der Waals surface area contributed by atoms with Crippen LogP contribution in [0, 0.1) is 0 Å². The van der Waals surface area contributed by atoms with Crippen molar-refractivity contribution in [2.75, 3.05) is 18.8 Å². The minimum Gasteiger partial charge on any atom is -0.351 e. The molecule has 0 bridgehead atoms. The number of hydrogen-bond donors (Lipinski definition) is 1. The van der Waals surface area contributed by atoms with Gasteiger partial charge in [0, 0.05) is 19.1 Å². The fourth-order valence-corrected chi connectivity index (χ4v) is 3.91. The van der Waals surface area contributed by atoms with E-state index in [1.807, 2.05) is 4.57 Å². The van der Waals surface area contributed by atoms with E-state index in [4.69, 9.17) is 0 Å². The highest BCUT2D eigenvalue weighted by Gasteiger charge is 2.12. The van der Waals surface area contributed by atoms with Gasteiger partial charge in [-0.2, -0.15) is 0 Å². The summed E-state index contributed by atoms with van der Waals surface area (Å²) >= 11 is 1.42. The predicted molar refractivity (Wildman–Crippen MR) is 104 cm³/mol. The second kappa shape index (κ2) is 9.19. The maximum Gasteiger partial charge on any atom is 0.230 e. The Hall–Kier alpha value is -1.86. The number of amides is 1. The second-order valence-electron chi connectivity index (χ2n) is 6.98. The largest absolute Gasteiger partial charge is 0.351 e. The molecule has 1 aliphatic rings. The van der Waals surface area contributed by atoms with Gasteiger partial charge >= 0.3 is 0 Å². The summed E-state index contributed by atoms with van der Waals surface area (Å²) in [5, 5.41) is 11.7. The molecule has 2 aromatic rings. The number of nitrogens with one attached hydrogen (secondary N) is 1. The third-order valence-electron chi connectivity index (χ3n) is 4.55.